The minimum absolute atomic E-state index is 0.170. The molecule has 1 aromatic rings. The van der Waals surface area contributed by atoms with Crippen LogP contribution in [0.4, 0.5) is 8.78 Å². The van der Waals surface area contributed by atoms with Gasteiger partial charge in [-0.25, -0.2) is 8.78 Å². The van der Waals surface area contributed by atoms with Crippen LogP contribution < -0.4 is 0 Å². The summed E-state index contributed by atoms with van der Waals surface area (Å²) in [6, 6.07) is 0.489. The van der Waals surface area contributed by atoms with Crippen LogP contribution in [0, 0.1) is 5.41 Å². The lowest BCUT2D eigenvalue weighted by atomic mass is 9.89. The Bertz CT molecular complexity index is 364. The summed E-state index contributed by atoms with van der Waals surface area (Å²) in [6.45, 7) is 3.52. The van der Waals surface area contributed by atoms with E-state index in [1.165, 1.54) is 12.3 Å². The predicted octanol–water partition coefficient (Wildman–Crippen LogP) is 2.59. The number of ketones is 1. The van der Waals surface area contributed by atoms with Gasteiger partial charge in [-0.1, -0.05) is 20.8 Å². The van der Waals surface area contributed by atoms with E-state index in [0.717, 1.165) is 4.68 Å². The van der Waals surface area contributed by atoms with Gasteiger partial charge in [-0.2, -0.15) is 5.10 Å². The van der Waals surface area contributed by atoms with Gasteiger partial charge in [0, 0.05) is 11.6 Å². The van der Waals surface area contributed by atoms with Gasteiger partial charge in [0.25, 0.3) is 0 Å². The summed E-state index contributed by atoms with van der Waals surface area (Å²) >= 11 is 0. The molecule has 0 fully saturated rings. The largest absolute Gasteiger partial charge is 0.292 e. The summed E-state index contributed by atoms with van der Waals surface area (Å²) in [6.07, 6.45) is 1.39. The average molecular weight is 230 g/mol. The van der Waals surface area contributed by atoms with Crippen LogP contribution in [0.3, 0.4) is 0 Å². The summed E-state index contributed by atoms with van der Waals surface area (Å²) in [7, 11) is 0. The van der Waals surface area contributed by atoms with Crippen LogP contribution in [0.15, 0.2) is 12.3 Å². The molecule has 0 bridgehead atoms. The smallest absolute Gasteiger partial charge is 0.186 e. The molecule has 0 saturated heterocycles. The molecule has 0 saturated carbocycles. The molecule has 0 aliphatic carbocycles. The van der Waals surface area contributed by atoms with Crippen molar-refractivity contribution < 1.29 is 13.6 Å². The molecule has 0 atom stereocenters. The molecule has 3 nitrogen and oxygen atoms in total. The van der Waals surface area contributed by atoms with E-state index in [4.69, 9.17) is 0 Å². The Morgan fingerprint density at radius 3 is 2.44 bits per heavy atom. The average Bonchev–Trinajstić information content (AvgIpc) is 2.66. The number of aromatic nitrogens is 2. The third kappa shape index (κ3) is 2.46. The number of nitrogens with zero attached hydrogens (tertiary/aromatic N) is 2. The van der Waals surface area contributed by atoms with E-state index in [1.54, 1.807) is 20.8 Å². The molecule has 0 radical (unpaired) electrons. The lowest BCUT2D eigenvalue weighted by Gasteiger charge is -2.19. The van der Waals surface area contributed by atoms with Gasteiger partial charge in [-0.15, -0.1) is 0 Å². The Hall–Kier alpha value is -1.26. The van der Waals surface area contributed by atoms with Crippen molar-refractivity contribution >= 4 is 5.78 Å². The van der Waals surface area contributed by atoms with Crippen LogP contribution in [-0.4, -0.2) is 28.9 Å². The molecule has 16 heavy (non-hydrogen) atoms. The molecule has 0 aliphatic heterocycles. The van der Waals surface area contributed by atoms with Gasteiger partial charge in [0.2, 0.25) is 0 Å². The maximum Gasteiger partial charge on any atom is 0.186 e. The fourth-order valence-corrected chi connectivity index (χ4v) is 1.34. The Balaban J connectivity index is 3.07. The van der Waals surface area contributed by atoms with Gasteiger partial charge in [-0.3, -0.25) is 9.48 Å². The van der Waals surface area contributed by atoms with Crippen molar-refractivity contribution in [1.29, 1.82) is 0 Å². The fourth-order valence-electron chi connectivity index (χ4n) is 1.34. The summed E-state index contributed by atoms with van der Waals surface area (Å²) in [5.74, 6) is -0.170. The van der Waals surface area contributed by atoms with Crippen LogP contribution in [0.2, 0.25) is 0 Å². The lowest BCUT2D eigenvalue weighted by molar-refractivity contribution is 0.0841. The molecule has 0 spiro atoms. The second-order valence-corrected chi connectivity index (χ2v) is 4.70. The van der Waals surface area contributed by atoms with Gasteiger partial charge >= 0.3 is 0 Å². The van der Waals surface area contributed by atoms with Crippen LogP contribution >= 0.6 is 0 Å². The zero-order chi connectivity index (χ0) is 12.3. The van der Waals surface area contributed by atoms with E-state index in [2.05, 4.69) is 5.10 Å². The number of carbonyl (C=O) groups is 1. The second kappa shape index (κ2) is 4.72. The first-order valence-corrected chi connectivity index (χ1v) is 5.12. The standard InChI is InChI=1S/C11H16F2N2O/c1-11(2,3)10(16)9-4-5-14-15(9)8(6-12)7-13/h4-5,8H,6-7H2,1-3H3. The van der Waals surface area contributed by atoms with E-state index in [1.807, 2.05) is 0 Å². The number of rotatable bonds is 4. The van der Waals surface area contributed by atoms with E-state index < -0.39 is 24.8 Å². The zero-order valence-electron chi connectivity index (χ0n) is 9.70. The van der Waals surface area contributed by atoms with E-state index >= 15 is 0 Å². The van der Waals surface area contributed by atoms with E-state index in [0.29, 0.717) is 0 Å². The highest BCUT2D eigenvalue weighted by Gasteiger charge is 2.28. The lowest BCUT2D eigenvalue weighted by Crippen LogP contribution is -2.26. The van der Waals surface area contributed by atoms with E-state index in [9.17, 15) is 13.6 Å². The highest BCUT2D eigenvalue weighted by molar-refractivity contribution is 5.98. The highest BCUT2D eigenvalue weighted by Crippen LogP contribution is 2.22. The van der Waals surface area contributed by atoms with Gasteiger partial charge in [0.1, 0.15) is 25.1 Å². The van der Waals surface area contributed by atoms with Crippen molar-refractivity contribution in [3.63, 3.8) is 0 Å². The first-order chi connectivity index (χ1) is 7.41. The monoisotopic (exact) mass is 230 g/mol. The molecular formula is C11H16F2N2O. The fraction of sp³-hybridized carbons (Fsp3) is 0.636. The molecule has 0 aromatic carbocycles. The molecule has 0 N–H and O–H groups in total. The number of carbonyl (C=O) groups excluding carboxylic acids is 1. The molecule has 1 aromatic heterocycles. The summed E-state index contributed by atoms with van der Waals surface area (Å²) < 4.78 is 26.2. The molecule has 1 heterocycles. The molecule has 90 valence electrons. The minimum Gasteiger partial charge on any atom is -0.292 e. The topological polar surface area (TPSA) is 34.9 Å². The summed E-state index contributed by atoms with van der Waals surface area (Å²) in [5, 5.41) is 3.81. The van der Waals surface area contributed by atoms with E-state index in [-0.39, 0.29) is 11.5 Å². The number of halogens is 2. The van der Waals surface area contributed by atoms with Gasteiger partial charge in [0.05, 0.1) is 0 Å². The zero-order valence-corrected chi connectivity index (χ0v) is 9.70. The first-order valence-electron chi connectivity index (χ1n) is 5.12. The Labute approximate surface area is 93.5 Å². The molecule has 0 unspecified atom stereocenters. The highest BCUT2D eigenvalue weighted by atomic mass is 19.1. The van der Waals surface area contributed by atoms with Gasteiger partial charge in [0.15, 0.2) is 5.78 Å². The van der Waals surface area contributed by atoms with Crippen molar-refractivity contribution in [2.75, 3.05) is 13.3 Å². The maximum atomic E-state index is 12.5. The van der Waals surface area contributed by atoms with Crippen molar-refractivity contribution in [3.05, 3.63) is 18.0 Å². The second-order valence-electron chi connectivity index (χ2n) is 4.70. The van der Waals surface area contributed by atoms with Crippen LogP contribution in [0.5, 0.6) is 0 Å². The number of hydrogen-bond acceptors (Lipinski definition) is 2. The summed E-state index contributed by atoms with van der Waals surface area (Å²) in [5.41, 5.74) is -0.331. The molecule has 0 aliphatic rings. The Kier molecular flexibility index (Phi) is 3.78. The SMILES string of the molecule is CC(C)(C)C(=O)c1ccnn1C(CF)CF. The molecule has 0 amide bonds. The quantitative estimate of drug-likeness (QED) is 0.745. The summed E-state index contributed by atoms with van der Waals surface area (Å²) in [4.78, 5) is 12.0. The Morgan fingerprint density at radius 1 is 1.44 bits per heavy atom. The molecule has 5 heteroatoms. The first kappa shape index (κ1) is 12.8. The third-order valence-corrected chi connectivity index (χ3v) is 2.29. The van der Waals surface area contributed by atoms with Gasteiger partial charge in [-0.05, 0) is 6.07 Å². The van der Waals surface area contributed by atoms with Crippen LogP contribution in [-0.2, 0) is 0 Å². The molecular weight excluding hydrogens is 214 g/mol. The third-order valence-electron chi connectivity index (χ3n) is 2.29. The van der Waals surface area contributed by atoms with Crippen LogP contribution in [0.25, 0.3) is 0 Å². The van der Waals surface area contributed by atoms with Crippen molar-refractivity contribution in [1.82, 2.24) is 9.78 Å². The number of hydrogen-bond donors (Lipinski definition) is 0. The number of Topliss-reactive ketones (excluding diaryl/α,β-unsaturated/α-hetero) is 1. The Morgan fingerprint density at radius 2 is 2.00 bits per heavy atom. The molecule has 1 rings (SSSR count). The minimum atomic E-state index is -1.00. The van der Waals surface area contributed by atoms with Crippen molar-refractivity contribution in [2.24, 2.45) is 5.41 Å². The number of alkyl halides is 2. The predicted molar refractivity (Wildman–Crippen MR) is 57.0 cm³/mol. The normalized spacial score (nSPS) is 12.1. The maximum absolute atomic E-state index is 12.5. The van der Waals surface area contributed by atoms with Crippen molar-refractivity contribution in [2.45, 2.75) is 26.8 Å². The van der Waals surface area contributed by atoms with Crippen LogP contribution in [0.1, 0.15) is 37.3 Å². The van der Waals surface area contributed by atoms with Gasteiger partial charge < -0.3 is 0 Å². The van der Waals surface area contributed by atoms with Crippen molar-refractivity contribution in [3.8, 4) is 0 Å².